The third-order valence-corrected chi connectivity index (χ3v) is 4.01. The summed E-state index contributed by atoms with van der Waals surface area (Å²) in [6, 6.07) is 9.94. The number of fused-ring (bicyclic) bond motifs is 1. The third-order valence-electron chi connectivity index (χ3n) is 4.01. The number of anilines is 1. The van der Waals surface area contributed by atoms with Gasteiger partial charge in [-0.15, -0.1) is 0 Å². The zero-order valence-electron chi connectivity index (χ0n) is 11.9. The summed E-state index contributed by atoms with van der Waals surface area (Å²) in [6.45, 7) is 3.95. The molecule has 0 spiro atoms. The number of nitrogens with one attached hydrogen (secondary N) is 1. The van der Waals surface area contributed by atoms with Crippen molar-refractivity contribution in [1.82, 2.24) is 0 Å². The van der Waals surface area contributed by atoms with Crippen LogP contribution < -0.4 is 4.90 Å². The first kappa shape index (κ1) is 13.2. The fraction of sp³-hybridized carbons (Fsp3) is 0.176. The van der Waals surface area contributed by atoms with Gasteiger partial charge in [0.2, 0.25) is 0 Å². The van der Waals surface area contributed by atoms with Gasteiger partial charge in [-0.2, -0.15) is 5.26 Å². The average molecular weight is 277 g/mol. The van der Waals surface area contributed by atoms with Crippen LogP contribution in [0.3, 0.4) is 0 Å². The molecular formula is C17H15N3O. The van der Waals surface area contributed by atoms with E-state index in [4.69, 9.17) is 5.41 Å². The number of hydrogen-bond acceptors (Lipinski definition) is 3. The Labute approximate surface area is 123 Å². The highest BCUT2D eigenvalue weighted by Crippen LogP contribution is 2.43. The Morgan fingerprint density at radius 2 is 1.95 bits per heavy atom. The summed E-state index contributed by atoms with van der Waals surface area (Å²) in [5, 5.41) is 27.4. The molecule has 1 aliphatic carbocycles. The second kappa shape index (κ2) is 4.35. The highest BCUT2D eigenvalue weighted by molar-refractivity contribution is 6.16. The fourth-order valence-electron chi connectivity index (χ4n) is 2.88. The van der Waals surface area contributed by atoms with E-state index in [0.29, 0.717) is 11.1 Å². The van der Waals surface area contributed by atoms with Crippen LogP contribution in [0.1, 0.15) is 12.5 Å². The molecule has 4 nitrogen and oxygen atoms in total. The maximum absolute atomic E-state index is 9.71. The van der Waals surface area contributed by atoms with Crippen LogP contribution in [0.25, 0.3) is 0 Å². The van der Waals surface area contributed by atoms with Gasteiger partial charge in [0.15, 0.2) is 0 Å². The third kappa shape index (κ3) is 1.78. The Morgan fingerprint density at radius 1 is 1.29 bits per heavy atom. The van der Waals surface area contributed by atoms with Crippen molar-refractivity contribution in [2.24, 2.45) is 0 Å². The van der Waals surface area contributed by atoms with Crippen molar-refractivity contribution in [2.45, 2.75) is 19.4 Å². The number of nitrogens with zero attached hydrogens (tertiary/aromatic N) is 2. The van der Waals surface area contributed by atoms with Gasteiger partial charge in [0, 0.05) is 11.3 Å². The molecule has 1 heterocycles. The molecule has 104 valence electrons. The fourth-order valence-corrected chi connectivity index (χ4v) is 2.88. The first-order valence-electron chi connectivity index (χ1n) is 6.68. The lowest BCUT2D eigenvalue weighted by Crippen LogP contribution is -2.45. The topological polar surface area (TPSA) is 71.1 Å². The van der Waals surface area contributed by atoms with E-state index in [1.54, 1.807) is 12.2 Å². The van der Waals surface area contributed by atoms with E-state index in [9.17, 15) is 10.4 Å². The van der Waals surface area contributed by atoms with Crippen LogP contribution in [0.15, 0.2) is 59.4 Å². The standard InChI is InChI=1S/C17H15N3O/c1-11-3-5-12(6-4-11)20-16(19)14(10-18)15-9-13(21)7-8-17(15,20)2/h3-9,19,21H,1-2H3. The van der Waals surface area contributed by atoms with Crippen LogP contribution in [-0.2, 0) is 0 Å². The van der Waals surface area contributed by atoms with Gasteiger partial charge in [0.25, 0.3) is 0 Å². The van der Waals surface area contributed by atoms with Gasteiger partial charge in [0.1, 0.15) is 23.2 Å². The first-order chi connectivity index (χ1) is 9.97. The summed E-state index contributed by atoms with van der Waals surface area (Å²) in [5.74, 6) is 0.267. The minimum atomic E-state index is -0.621. The summed E-state index contributed by atoms with van der Waals surface area (Å²) in [6.07, 6.45) is 5.01. The Bertz CT molecular complexity index is 762. The van der Waals surface area contributed by atoms with Crippen LogP contribution in [0.5, 0.6) is 0 Å². The van der Waals surface area contributed by atoms with Crippen LogP contribution in [-0.4, -0.2) is 16.5 Å². The second-order valence-electron chi connectivity index (χ2n) is 5.47. The van der Waals surface area contributed by atoms with Gasteiger partial charge in [-0.05, 0) is 38.1 Å². The SMILES string of the molecule is Cc1ccc(N2C(=N)C(C#N)=C3C=C(O)C=CC32C)cc1. The van der Waals surface area contributed by atoms with E-state index < -0.39 is 5.54 Å². The molecular weight excluding hydrogens is 262 g/mol. The molecule has 1 atom stereocenters. The molecule has 0 radical (unpaired) electrons. The highest BCUT2D eigenvalue weighted by atomic mass is 16.3. The lowest BCUT2D eigenvalue weighted by Gasteiger charge is -2.37. The Kier molecular flexibility index (Phi) is 2.74. The molecule has 0 saturated carbocycles. The van der Waals surface area contributed by atoms with Crippen LogP contribution in [0.4, 0.5) is 5.69 Å². The predicted octanol–water partition coefficient (Wildman–Crippen LogP) is 3.38. The lowest BCUT2D eigenvalue weighted by atomic mass is 9.86. The monoisotopic (exact) mass is 277 g/mol. The van der Waals surface area contributed by atoms with E-state index >= 15 is 0 Å². The van der Waals surface area contributed by atoms with E-state index in [-0.39, 0.29) is 11.6 Å². The minimum absolute atomic E-state index is 0.105. The average Bonchev–Trinajstić information content (AvgIpc) is 2.67. The van der Waals surface area contributed by atoms with Crippen molar-refractivity contribution >= 4 is 11.5 Å². The maximum Gasteiger partial charge on any atom is 0.144 e. The van der Waals surface area contributed by atoms with E-state index in [1.807, 2.05) is 49.1 Å². The van der Waals surface area contributed by atoms with E-state index in [0.717, 1.165) is 11.3 Å². The number of amidine groups is 1. The largest absolute Gasteiger partial charge is 0.508 e. The molecule has 0 aromatic heterocycles. The van der Waals surface area contributed by atoms with Crippen molar-refractivity contribution in [3.8, 4) is 6.07 Å². The molecule has 3 rings (SSSR count). The number of rotatable bonds is 1. The van der Waals surface area contributed by atoms with Crippen molar-refractivity contribution < 1.29 is 5.11 Å². The number of aryl methyl sites for hydroxylation is 1. The molecule has 0 saturated heterocycles. The number of aliphatic hydroxyl groups is 1. The Hall–Kier alpha value is -2.80. The van der Waals surface area contributed by atoms with Crippen molar-refractivity contribution in [2.75, 3.05) is 4.90 Å². The molecule has 2 aliphatic rings. The van der Waals surface area contributed by atoms with E-state index in [2.05, 4.69) is 6.07 Å². The lowest BCUT2D eigenvalue weighted by molar-refractivity contribution is 0.427. The number of nitriles is 1. The second-order valence-corrected chi connectivity index (χ2v) is 5.47. The quantitative estimate of drug-likeness (QED) is 0.826. The predicted molar refractivity (Wildman–Crippen MR) is 82.3 cm³/mol. The number of aliphatic hydroxyl groups excluding tert-OH is 1. The van der Waals surface area contributed by atoms with E-state index in [1.165, 1.54) is 0 Å². The van der Waals surface area contributed by atoms with Gasteiger partial charge < -0.3 is 10.0 Å². The molecule has 4 heteroatoms. The molecule has 0 amide bonds. The van der Waals surface area contributed by atoms with Crippen LogP contribution in [0.2, 0.25) is 0 Å². The molecule has 1 aromatic rings. The van der Waals surface area contributed by atoms with Crippen molar-refractivity contribution in [1.29, 1.82) is 10.7 Å². The zero-order valence-corrected chi connectivity index (χ0v) is 11.9. The minimum Gasteiger partial charge on any atom is -0.508 e. The summed E-state index contributed by atoms with van der Waals surface area (Å²) in [7, 11) is 0. The van der Waals surface area contributed by atoms with Gasteiger partial charge in [-0.1, -0.05) is 23.8 Å². The summed E-state index contributed by atoms with van der Waals surface area (Å²) in [4.78, 5) is 1.82. The zero-order chi connectivity index (χ0) is 15.2. The number of benzene rings is 1. The first-order valence-corrected chi connectivity index (χ1v) is 6.68. The molecule has 2 N–H and O–H groups in total. The molecule has 1 aliphatic heterocycles. The van der Waals surface area contributed by atoms with Gasteiger partial charge in [0.05, 0.1) is 5.54 Å². The number of allylic oxidation sites excluding steroid dienone is 1. The van der Waals surface area contributed by atoms with Crippen LogP contribution in [0, 0.1) is 23.7 Å². The normalized spacial score (nSPS) is 24.0. The molecule has 21 heavy (non-hydrogen) atoms. The van der Waals surface area contributed by atoms with Crippen LogP contribution >= 0.6 is 0 Å². The summed E-state index contributed by atoms with van der Waals surface area (Å²) in [5.41, 5.74) is 2.34. The van der Waals surface area contributed by atoms with Crippen molar-refractivity contribution in [3.63, 3.8) is 0 Å². The Morgan fingerprint density at radius 3 is 2.57 bits per heavy atom. The summed E-state index contributed by atoms with van der Waals surface area (Å²) < 4.78 is 0. The molecule has 1 aromatic carbocycles. The number of hydrogen-bond donors (Lipinski definition) is 2. The molecule has 0 bridgehead atoms. The van der Waals surface area contributed by atoms with Gasteiger partial charge in [-0.25, -0.2) is 0 Å². The van der Waals surface area contributed by atoms with Gasteiger partial charge >= 0.3 is 0 Å². The smallest absolute Gasteiger partial charge is 0.144 e. The van der Waals surface area contributed by atoms with Gasteiger partial charge in [-0.3, -0.25) is 5.41 Å². The molecule has 1 unspecified atom stereocenters. The molecule has 0 fully saturated rings. The highest BCUT2D eigenvalue weighted by Gasteiger charge is 2.46. The maximum atomic E-state index is 9.71. The van der Waals surface area contributed by atoms with Crippen molar-refractivity contribution in [3.05, 3.63) is 65.0 Å². The summed E-state index contributed by atoms with van der Waals surface area (Å²) >= 11 is 0. The Balaban J connectivity index is 2.18.